The van der Waals surface area contributed by atoms with Gasteiger partial charge in [0.1, 0.15) is 11.9 Å². The maximum atomic E-state index is 9.17. The van der Waals surface area contributed by atoms with E-state index in [4.69, 9.17) is 11.7 Å². The molecule has 0 bridgehead atoms. The van der Waals surface area contributed by atoms with E-state index in [1.54, 1.807) is 0 Å². The number of rotatable bonds is 2. The van der Waals surface area contributed by atoms with Crippen LogP contribution in [0.5, 0.6) is 0 Å². The normalized spacial score (nSPS) is 13.4. The van der Waals surface area contributed by atoms with Gasteiger partial charge < -0.3 is 4.90 Å². The molecule has 0 radical (unpaired) electrons. The molecule has 0 spiro atoms. The van der Waals surface area contributed by atoms with E-state index in [9.17, 15) is 0 Å². The first-order valence-electron chi connectivity index (χ1n) is 5.83. The number of anilines is 1. The Kier molecular flexibility index (Phi) is 3.30. The lowest BCUT2D eigenvalue weighted by atomic mass is 9.95. The molecule has 1 aliphatic rings. The molecule has 1 aromatic heterocycles. The summed E-state index contributed by atoms with van der Waals surface area (Å²) in [7, 11) is 1.87. The highest BCUT2D eigenvalue weighted by molar-refractivity contribution is 5.56. The number of aryl methyl sites for hydroxylation is 2. The van der Waals surface area contributed by atoms with E-state index in [2.05, 4.69) is 17.0 Å². The van der Waals surface area contributed by atoms with Crippen molar-refractivity contribution in [2.24, 2.45) is 0 Å². The molecule has 0 saturated heterocycles. The van der Waals surface area contributed by atoms with Crippen LogP contribution in [0.25, 0.3) is 0 Å². The molecule has 0 atom stereocenters. The number of hydrogen-bond acceptors (Lipinski definition) is 3. The molecule has 2 rings (SSSR count). The van der Waals surface area contributed by atoms with Crippen molar-refractivity contribution in [2.45, 2.75) is 25.7 Å². The number of pyridine rings is 1. The molecular weight excluding hydrogens is 210 g/mol. The largest absolute Gasteiger partial charge is 0.347 e. The minimum Gasteiger partial charge on any atom is -0.347 e. The first kappa shape index (κ1) is 11.5. The van der Waals surface area contributed by atoms with Gasteiger partial charge >= 0.3 is 0 Å². The molecule has 0 aliphatic heterocycles. The summed E-state index contributed by atoms with van der Waals surface area (Å²) in [5.41, 5.74) is 2.99. The van der Waals surface area contributed by atoms with E-state index >= 15 is 0 Å². The van der Waals surface area contributed by atoms with Gasteiger partial charge in [-0.3, -0.25) is 0 Å². The smallest absolute Gasteiger partial charge is 0.147 e. The number of hydrogen-bond donors (Lipinski definition) is 0. The van der Waals surface area contributed by atoms with Gasteiger partial charge in [-0.1, -0.05) is 5.92 Å². The Morgan fingerprint density at radius 1 is 1.47 bits per heavy atom. The average Bonchev–Trinajstić information content (AvgIpc) is 2.37. The zero-order chi connectivity index (χ0) is 12.3. The topological polar surface area (TPSA) is 39.9 Å². The minimum atomic E-state index is 0.473. The predicted octanol–water partition coefficient (Wildman–Crippen LogP) is 1.90. The van der Waals surface area contributed by atoms with Gasteiger partial charge in [0.15, 0.2) is 0 Å². The molecule has 0 fully saturated rings. The van der Waals surface area contributed by atoms with E-state index in [1.165, 1.54) is 18.4 Å². The van der Waals surface area contributed by atoms with Crippen molar-refractivity contribution >= 4 is 5.82 Å². The Balaban J connectivity index is 2.45. The summed E-state index contributed by atoms with van der Waals surface area (Å²) in [6.45, 7) is 0.473. The highest BCUT2D eigenvalue weighted by Gasteiger charge is 2.16. The Labute approximate surface area is 102 Å². The lowest BCUT2D eigenvalue weighted by Gasteiger charge is -2.21. The maximum Gasteiger partial charge on any atom is 0.147 e. The molecule has 0 N–H and O–H groups in total. The summed E-state index contributed by atoms with van der Waals surface area (Å²) in [6, 6.07) is 4.19. The lowest BCUT2D eigenvalue weighted by molar-refractivity contribution is 0.666. The predicted molar refractivity (Wildman–Crippen MR) is 67.7 cm³/mol. The van der Waals surface area contributed by atoms with Crippen molar-refractivity contribution in [3.63, 3.8) is 0 Å². The maximum absolute atomic E-state index is 9.17. The molecule has 0 saturated carbocycles. The highest BCUT2D eigenvalue weighted by Crippen LogP contribution is 2.25. The van der Waals surface area contributed by atoms with Crippen LogP contribution in [0.2, 0.25) is 0 Å². The first-order chi connectivity index (χ1) is 8.26. The van der Waals surface area contributed by atoms with Gasteiger partial charge in [-0.2, -0.15) is 5.26 Å². The molecule has 1 aliphatic carbocycles. The molecule has 86 valence electrons. The van der Waals surface area contributed by atoms with Crippen LogP contribution in [0.4, 0.5) is 5.82 Å². The molecule has 0 amide bonds. The van der Waals surface area contributed by atoms with Crippen LogP contribution in [0.15, 0.2) is 6.07 Å². The van der Waals surface area contributed by atoms with Gasteiger partial charge in [0.05, 0.1) is 12.1 Å². The lowest BCUT2D eigenvalue weighted by Crippen LogP contribution is -2.21. The second-order valence-electron chi connectivity index (χ2n) is 4.34. The molecule has 3 heteroatoms. The summed E-state index contributed by atoms with van der Waals surface area (Å²) in [6.07, 6.45) is 9.72. The van der Waals surface area contributed by atoms with E-state index in [1.807, 2.05) is 18.0 Å². The summed E-state index contributed by atoms with van der Waals surface area (Å²) in [5, 5.41) is 9.17. The summed E-state index contributed by atoms with van der Waals surface area (Å²) >= 11 is 0. The third kappa shape index (κ3) is 2.24. The zero-order valence-electron chi connectivity index (χ0n) is 10.0. The molecule has 1 heterocycles. The van der Waals surface area contributed by atoms with Crippen LogP contribution in [-0.2, 0) is 12.8 Å². The van der Waals surface area contributed by atoms with Crippen LogP contribution >= 0.6 is 0 Å². The van der Waals surface area contributed by atoms with Gasteiger partial charge in [-0.25, -0.2) is 4.98 Å². The average molecular weight is 225 g/mol. The van der Waals surface area contributed by atoms with Crippen molar-refractivity contribution in [3.8, 4) is 18.4 Å². The zero-order valence-corrected chi connectivity index (χ0v) is 10.0. The fourth-order valence-electron chi connectivity index (χ4n) is 2.21. The van der Waals surface area contributed by atoms with E-state index in [0.717, 1.165) is 18.5 Å². The molecule has 1 aromatic rings. The molecule has 0 aromatic carbocycles. The minimum absolute atomic E-state index is 0.473. The van der Waals surface area contributed by atoms with Gasteiger partial charge in [0, 0.05) is 12.7 Å². The highest BCUT2D eigenvalue weighted by atomic mass is 15.2. The Morgan fingerprint density at radius 3 is 2.94 bits per heavy atom. The van der Waals surface area contributed by atoms with Crippen molar-refractivity contribution in [1.82, 2.24) is 4.98 Å². The molecule has 17 heavy (non-hydrogen) atoms. The van der Waals surface area contributed by atoms with Gasteiger partial charge in [-0.15, -0.1) is 6.42 Å². The second kappa shape index (κ2) is 4.89. The quantitative estimate of drug-likeness (QED) is 0.722. The van der Waals surface area contributed by atoms with Crippen molar-refractivity contribution < 1.29 is 0 Å². The number of aromatic nitrogens is 1. The molecular formula is C14H15N3. The Morgan fingerprint density at radius 2 is 2.24 bits per heavy atom. The van der Waals surface area contributed by atoms with Crippen molar-refractivity contribution in [3.05, 3.63) is 22.9 Å². The fourth-order valence-corrected chi connectivity index (χ4v) is 2.21. The second-order valence-corrected chi connectivity index (χ2v) is 4.34. The Bertz CT molecular complexity index is 505. The summed E-state index contributed by atoms with van der Waals surface area (Å²) in [5.74, 6) is 3.29. The molecule has 0 unspecified atom stereocenters. The number of nitriles is 1. The Hall–Kier alpha value is -2.00. The number of fused-ring (bicyclic) bond motifs is 1. The van der Waals surface area contributed by atoms with Crippen molar-refractivity contribution in [2.75, 3.05) is 18.5 Å². The summed E-state index contributed by atoms with van der Waals surface area (Å²) in [4.78, 5) is 6.47. The van der Waals surface area contributed by atoms with E-state index < -0.39 is 0 Å². The third-order valence-electron chi connectivity index (χ3n) is 3.09. The number of nitrogens with zero attached hydrogens (tertiary/aromatic N) is 3. The molecule has 3 nitrogen and oxygen atoms in total. The van der Waals surface area contributed by atoms with E-state index in [0.29, 0.717) is 17.9 Å². The first-order valence-corrected chi connectivity index (χ1v) is 5.83. The van der Waals surface area contributed by atoms with Crippen LogP contribution in [0.1, 0.15) is 29.7 Å². The summed E-state index contributed by atoms with van der Waals surface area (Å²) < 4.78 is 0. The van der Waals surface area contributed by atoms with Gasteiger partial charge in [0.25, 0.3) is 0 Å². The van der Waals surface area contributed by atoms with Gasteiger partial charge in [0.2, 0.25) is 0 Å². The van der Waals surface area contributed by atoms with Gasteiger partial charge in [-0.05, 0) is 37.3 Å². The SMILES string of the molecule is C#CCN(C)c1nc2c(cc1C#N)CCCC2. The monoisotopic (exact) mass is 225 g/mol. The van der Waals surface area contributed by atoms with E-state index in [-0.39, 0.29) is 0 Å². The van der Waals surface area contributed by atoms with Crippen LogP contribution in [-0.4, -0.2) is 18.6 Å². The van der Waals surface area contributed by atoms with Crippen LogP contribution in [0.3, 0.4) is 0 Å². The van der Waals surface area contributed by atoms with Crippen LogP contribution in [0, 0.1) is 23.7 Å². The fraction of sp³-hybridized carbons (Fsp3) is 0.429. The standard InChI is InChI=1S/C14H15N3/c1-3-8-17(2)14-12(10-15)9-11-6-4-5-7-13(11)16-14/h1,9H,4-8H2,2H3. The van der Waals surface area contributed by atoms with Crippen molar-refractivity contribution in [1.29, 1.82) is 5.26 Å². The third-order valence-corrected chi connectivity index (χ3v) is 3.09. The van der Waals surface area contributed by atoms with Crippen LogP contribution < -0.4 is 4.90 Å². The number of terminal acetylenes is 1.